The number of thioether (sulfide) groups is 1. The number of nitrogens with zero attached hydrogens (tertiary/aromatic N) is 1. The molecule has 1 fully saturated rings. The number of aliphatic hydroxyl groups is 1. The monoisotopic (exact) mass is 293 g/mol. The molecule has 4 heteroatoms. The molecular weight excluding hydrogens is 273 g/mol. The first-order valence-electron chi connectivity index (χ1n) is 6.98. The molecule has 1 aromatic carbocycles. The first-order valence-corrected chi connectivity index (χ1v) is 8.13. The summed E-state index contributed by atoms with van der Waals surface area (Å²) < 4.78 is 13.4. The topological polar surface area (TPSA) is 23.5 Å². The molecular formula is C16H20FNOS. The van der Waals surface area contributed by atoms with Crippen LogP contribution >= 0.6 is 11.8 Å². The first-order chi connectivity index (χ1) is 9.79. The number of halogens is 1. The lowest BCUT2D eigenvalue weighted by atomic mass is 10.1. The van der Waals surface area contributed by atoms with E-state index in [0.717, 1.165) is 36.5 Å². The van der Waals surface area contributed by atoms with Gasteiger partial charge in [0, 0.05) is 30.8 Å². The fourth-order valence-corrected chi connectivity index (χ4v) is 3.14. The second-order valence-electron chi connectivity index (χ2n) is 4.82. The summed E-state index contributed by atoms with van der Waals surface area (Å²) in [5, 5.41) is 8.77. The van der Waals surface area contributed by atoms with Gasteiger partial charge >= 0.3 is 0 Å². The molecule has 108 valence electrons. The van der Waals surface area contributed by atoms with E-state index in [0.29, 0.717) is 6.42 Å². The van der Waals surface area contributed by atoms with E-state index in [2.05, 4.69) is 16.7 Å². The van der Waals surface area contributed by atoms with Gasteiger partial charge in [-0.05, 0) is 36.4 Å². The quantitative estimate of drug-likeness (QED) is 0.866. The lowest BCUT2D eigenvalue weighted by molar-refractivity contribution is 0.287. The van der Waals surface area contributed by atoms with E-state index >= 15 is 0 Å². The average molecular weight is 293 g/mol. The Labute approximate surface area is 124 Å². The van der Waals surface area contributed by atoms with Crippen molar-refractivity contribution in [1.29, 1.82) is 0 Å². The molecule has 0 aromatic heterocycles. The number of rotatable bonds is 3. The second kappa shape index (κ2) is 8.31. The fourth-order valence-electron chi connectivity index (χ4n) is 2.21. The van der Waals surface area contributed by atoms with Gasteiger partial charge < -0.3 is 5.11 Å². The molecule has 1 aliphatic heterocycles. The lowest BCUT2D eigenvalue weighted by Gasteiger charge is -2.20. The van der Waals surface area contributed by atoms with E-state index < -0.39 is 0 Å². The van der Waals surface area contributed by atoms with Crippen LogP contribution in [0.15, 0.2) is 18.2 Å². The summed E-state index contributed by atoms with van der Waals surface area (Å²) in [6.07, 6.45) is 1.63. The van der Waals surface area contributed by atoms with Crippen LogP contribution in [-0.4, -0.2) is 41.2 Å². The van der Waals surface area contributed by atoms with Crippen LogP contribution in [0.5, 0.6) is 0 Å². The smallest absolute Gasteiger partial charge is 0.124 e. The Morgan fingerprint density at radius 1 is 1.30 bits per heavy atom. The lowest BCUT2D eigenvalue weighted by Crippen LogP contribution is -2.25. The SMILES string of the molecule is OCCC#Cc1cc(F)ccc1CN1CCCSCC1. The van der Waals surface area contributed by atoms with Crippen molar-refractivity contribution in [2.75, 3.05) is 31.2 Å². The molecule has 1 aliphatic rings. The Balaban J connectivity index is 2.11. The van der Waals surface area contributed by atoms with Gasteiger partial charge in [-0.15, -0.1) is 0 Å². The van der Waals surface area contributed by atoms with Gasteiger partial charge in [-0.1, -0.05) is 17.9 Å². The van der Waals surface area contributed by atoms with E-state index in [1.807, 2.05) is 17.8 Å². The molecule has 0 spiro atoms. The molecule has 0 saturated carbocycles. The minimum Gasteiger partial charge on any atom is -0.395 e. The molecule has 20 heavy (non-hydrogen) atoms. The van der Waals surface area contributed by atoms with Crippen molar-refractivity contribution in [2.45, 2.75) is 19.4 Å². The minimum atomic E-state index is -0.256. The van der Waals surface area contributed by atoms with Gasteiger partial charge in [0.05, 0.1) is 6.61 Å². The number of hydrogen-bond acceptors (Lipinski definition) is 3. The van der Waals surface area contributed by atoms with Gasteiger partial charge in [-0.2, -0.15) is 11.8 Å². The molecule has 0 unspecified atom stereocenters. The van der Waals surface area contributed by atoms with Gasteiger partial charge in [0.15, 0.2) is 0 Å². The molecule has 0 radical (unpaired) electrons. The summed E-state index contributed by atoms with van der Waals surface area (Å²) in [6.45, 7) is 3.03. The molecule has 1 N–H and O–H groups in total. The highest BCUT2D eigenvalue weighted by atomic mass is 32.2. The number of aliphatic hydroxyl groups excluding tert-OH is 1. The van der Waals surface area contributed by atoms with Crippen molar-refractivity contribution in [3.8, 4) is 11.8 Å². The fraction of sp³-hybridized carbons (Fsp3) is 0.500. The molecule has 1 aromatic rings. The van der Waals surface area contributed by atoms with Crippen LogP contribution in [0.1, 0.15) is 24.0 Å². The highest BCUT2D eigenvalue weighted by Gasteiger charge is 2.11. The van der Waals surface area contributed by atoms with Crippen LogP contribution in [0.3, 0.4) is 0 Å². The number of benzene rings is 1. The Hall–Kier alpha value is -1.02. The summed E-state index contributed by atoms with van der Waals surface area (Å²) in [7, 11) is 0. The molecule has 1 heterocycles. The second-order valence-corrected chi connectivity index (χ2v) is 6.04. The van der Waals surface area contributed by atoms with Gasteiger partial charge in [-0.3, -0.25) is 4.90 Å². The maximum absolute atomic E-state index is 13.4. The van der Waals surface area contributed by atoms with E-state index in [1.165, 1.54) is 24.3 Å². The third-order valence-electron chi connectivity index (χ3n) is 3.24. The minimum absolute atomic E-state index is 0.0427. The summed E-state index contributed by atoms with van der Waals surface area (Å²) in [4.78, 5) is 2.41. The molecule has 0 aliphatic carbocycles. The van der Waals surface area contributed by atoms with Gasteiger partial charge in [-0.25, -0.2) is 4.39 Å². The molecule has 1 saturated heterocycles. The van der Waals surface area contributed by atoms with Gasteiger partial charge in [0.2, 0.25) is 0 Å². The molecule has 0 bridgehead atoms. The summed E-state index contributed by atoms with van der Waals surface area (Å²) >= 11 is 2.00. The Morgan fingerprint density at radius 2 is 2.20 bits per heavy atom. The summed E-state index contributed by atoms with van der Waals surface area (Å²) in [6, 6.07) is 4.82. The maximum Gasteiger partial charge on any atom is 0.124 e. The molecule has 2 nitrogen and oxygen atoms in total. The average Bonchev–Trinajstić information content (AvgIpc) is 2.70. The number of hydrogen-bond donors (Lipinski definition) is 1. The highest BCUT2D eigenvalue weighted by molar-refractivity contribution is 7.99. The van der Waals surface area contributed by atoms with Crippen molar-refractivity contribution in [3.63, 3.8) is 0 Å². The Kier molecular flexibility index (Phi) is 6.38. The van der Waals surface area contributed by atoms with Crippen LogP contribution in [0.2, 0.25) is 0 Å². The van der Waals surface area contributed by atoms with Gasteiger partial charge in [0.1, 0.15) is 5.82 Å². The van der Waals surface area contributed by atoms with Crippen molar-refractivity contribution >= 4 is 11.8 Å². The molecule has 0 amide bonds. The van der Waals surface area contributed by atoms with E-state index in [4.69, 9.17) is 5.11 Å². The van der Waals surface area contributed by atoms with Crippen LogP contribution in [0, 0.1) is 17.7 Å². The zero-order valence-corrected chi connectivity index (χ0v) is 12.4. The normalized spacial score (nSPS) is 16.3. The largest absolute Gasteiger partial charge is 0.395 e. The third-order valence-corrected chi connectivity index (χ3v) is 4.29. The van der Waals surface area contributed by atoms with Crippen molar-refractivity contribution in [1.82, 2.24) is 4.90 Å². The highest BCUT2D eigenvalue weighted by Crippen LogP contribution is 2.16. The first kappa shape index (κ1) is 15.4. The van der Waals surface area contributed by atoms with E-state index in [9.17, 15) is 4.39 Å². The van der Waals surface area contributed by atoms with E-state index in [-0.39, 0.29) is 12.4 Å². The van der Waals surface area contributed by atoms with Crippen LogP contribution in [-0.2, 0) is 6.54 Å². The predicted octanol–water partition coefficient (Wildman–Crippen LogP) is 2.50. The Bertz CT molecular complexity index is 487. The van der Waals surface area contributed by atoms with Crippen molar-refractivity contribution in [3.05, 3.63) is 35.1 Å². The van der Waals surface area contributed by atoms with Crippen LogP contribution in [0.25, 0.3) is 0 Å². The zero-order chi connectivity index (χ0) is 14.2. The summed E-state index contributed by atoms with van der Waals surface area (Å²) in [5.41, 5.74) is 1.82. The zero-order valence-electron chi connectivity index (χ0n) is 11.6. The van der Waals surface area contributed by atoms with E-state index in [1.54, 1.807) is 0 Å². The molecule has 2 rings (SSSR count). The van der Waals surface area contributed by atoms with Gasteiger partial charge in [0.25, 0.3) is 0 Å². The van der Waals surface area contributed by atoms with Crippen LogP contribution < -0.4 is 0 Å². The van der Waals surface area contributed by atoms with Crippen molar-refractivity contribution < 1.29 is 9.50 Å². The summed E-state index contributed by atoms with van der Waals surface area (Å²) in [5.74, 6) is 7.99. The van der Waals surface area contributed by atoms with Crippen LogP contribution in [0.4, 0.5) is 4.39 Å². The third kappa shape index (κ3) is 4.82. The Morgan fingerprint density at radius 3 is 3.05 bits per heavy atom. The maximum atomic E-state index is 13.4. The standard InChI is InChI=1S/C16H20FNOS/c17-16-6-5-15(14(12-16)4-1-2-9-19)13-18-7-3-10-20-11-8-18/h5-6,12,19H,2-3,7-11,13H2. The molecule has 0 atom stereocenters. The van der Waals surface area contributed by atoms with Crippen molar-refractivity contribution in [2.24, 2.45) is 0 Å². The predicted molar refractivity (Wildman–Crippen MR) is 82.2 cm³/mol.